The minimum absolute atomic E-state index is 0.251. The summed E-state index contributed by atoms with van der Waals surface area (Å²) in [6, 6.07) is 6.62. The molecule has 4 nitrogen and oxygen atoms in total. The van der Waals surface area contributed by atoms with Crippen LogP contribution in [0.2, 0.25) is 0 Å². The third kappa shape index (κ3) is 4.13. The van der Waals surface area contributed by atoms with Crippen molar-refractivity contribution in [3.63, 3.8) is 0 Å². The topological polar surface area (TPSA) is 32.8 Å². The van der Waals surface area contributed by atoms with Gasteiger partial charge in [-0.1, -0.05) is 0 Å². The first-order chi connectivity index (χ1) is 11.7. The van der Waals surface area contributed by atoms with Gasteiger partial charge in [-0.2, -0.15) is 11.3 Å². The zero-order chi connectivity index (χ0) is 16.9. The fourth-order valence-electron chi connectivity index (χ4n) is 2.99. The molecule has 1 aromatic heterocycles. The number of piperazine rings is 1. The maximum absolute atomic E-state index is 13.3. The molecule has 6 heteroatoms. The molecule has 0 radical (unpaired) electrons. The third-order valence-corrected chi connectivity index (χ3v) is 4.97. The van der Waals surface area contributed by atoms with E-state index in [1.807, 2.05) is 16.8 Å². The van der Waals surface area contributed by atoms with Crippen LogP contribution in [0.5, 0.6) is 5.75 Å². The molecule has 2 aromatic rings. The van der Waals surface area contributed by atoms with E-state index in [9.17, 15) is 9.18 Å². The summed E-state index contributed by atoms with van der Waals surface area (Å²) in [5, 5.41) is 4.02. The first-order valence-electron chi connectivity index (χ1n) is 7.99. The van der Waals surface area contributed by atoms with Gasteiger partial charge in [0.2, 0.25) is 0 Å². The molecule has 1 saturated heterocycles. The fourth-order valence-corrected chi connectivity index (χ4v) is 3.65. The fraction of sp³-hybridized carbons (Fsp3) is 0.389. The van der Waals surface area contributed by atoms with E-state index < -0.39 is 0 Å². The average Bonchev–Trinajstić information content (AvgIpc) is 3.08. The Balaban J connectivity index is 1.53. The molecular weight excluding hydrogens is 327 g/mol. The molecule has 0 bridgehead atoms. The number of thiophene rings is 1. The number of hydrogen-bond acceptors (Lipinski definition) is 5. The summed E-state index contributed by atoms with van der Waals surface area (Å²) in [4.78, 5) is 16.5. The lowest BCUT2D eigenvalue weighted by Gasteiger charge is -2.36. The summed E-state index contributed by atoms with van der Waals surface area (Å²) in [6.45, 7) is 3.72. The predicted octanol–water partition coefficient (Wildman–Crippen LogP) is 2.83. The van der Waals surface area contributed by atoms with Gasteiger partial charge in [-0.3, -0.25) is 9.69 Å². The Morgan fingerprint density at radius 2 is 2.04 bits per heavy atom. The number of nitrogens with zero attached hydrogens (tertiary/aromatic N) is 2. The normalized spacial score (nSPS) is 15.5. The lowest BCUT2D eigenvalue weighted by atomic mass is 10.1. The third-order valence-electron chi connectivity index (χ3n) is 4.24. The minimum atomic E-state index is -0.298. The highest BCUT2D eigenvalue weighted by Gasteiger charge is 2.21. The number of anilines is 1. The van der Waals surface area contributed by atoms with Crippen LogP contribution in [-0.2, 0) is 11.2 Å². The van der Waals surface area contributed by atoms with Gasteiger partial charge in [-0.15, -0.1) is 0 Å². The van der Waals surface area contributed by atoms with Crippen LogP contribution in [0.4, 0.5) is 10.1 Å². The first-order valence-corrected chi connectivity index (χ1v) is 8.93. The largest absolute Gasteiger partial charge is 0.494 e. The van der Waals surface area contributed by atoms with E-state index >= 15 is 0 Å². The van der Waals surface area contributed by atoms with Crippen molar-refractivity contribution >= 4 is 22.8 Å². The zero-order valence-corrected chi connectivity index (χ0v) is 14.5. The van der Waals surface area contributed by atoms with Crippen LogP contribution in [0.25, 0.3) is 0 Å². The number of halogens is 1. The van der Waals surface area contributed by atoms with E-state index in [2.05, 4.69) is 9.80 Å². The van der Waals surface area contributed by atoms with E-state index in [1.165, 1.54) is 12.1 Å². The van der Waals surface area contributed by atoms with E-state index in [4.69, 9.17) is 4.74 Å². The highest BCUT2D eigenvalue weighted by Crippen LogP contribution is 2.29. The monoisotopic (exact) mass is 348 g/mol. The summed E-state index contributed by atoms with van der Waals surface area (Å²) in [7, 11) is 1.55. The van der Waals surface area contributed by atoms with Gasteiger partial charge in [0, 0.05) is 38.7 Å². The van der Waals surface area contributed by atoms with Crippen molar-refractivity contribution in [1.82, 2.24) is 4.90 Å². The molecule has 2 heterocycles. The molecular formula is C18H21FN2O2S. The second-order valence-corrected chi connectivity index (χ2v) is 6.71. The average molecular weight is 348 g/mol. The van der Waals surface area contributed by atoms with Gasteiger partial charge in [-0.25, -0.2) is 4.39 Å². The predicted molar refractivity (Wildman–Crippen MR) is 94.6 cm³/mol. The molecule has 1 aliphatic rings. The van der Waals surface area contributed by atoms with Gasteiger partial charge in [0.15, 0.2) is 5.78 Å². The summed E-state index contributed by atoms with van der Waals surface area (Å²) in [6.07, 6.45) is 0.509. The number of hydrogen-bond donors (Lipinski definition) is 0. The van der Waals surface area contributed by atoms with Crippen LogP contribution in [-0.4, -0.2) is 50.5 Å². The maximum Gasteiger partial charge on any atom is 0.151 e. The van der Waals surface area contributed by atoms with Gasteiger partial charge in [0.05, 0.1) is 19.3 Å². The molecule has 0 amide bonds. The summed E-state index contributed by atoms with van der Waals surface area (Å²) < 4.78 is 18.6. The van der Waals surface area contributed by atoms with Crippen LogP contribution >= 0.6 is 11.3 Å². The number of carbonyl (C=O) groups excluding carboxylic acids is 1. The van der Waals surface area contributed by atoms with Crippen molar-refractivity contribution in [2.24, 2.45) is 0 Å². The van der Waals surface area contributed by atoms with Crippen LogP contribution in [0, 0.1) is 5.82 Å². The molecule has 1 fully saturated rings. The summed E-state index contributed by atoms with van der Waals surface area (Å²) in [5.41, 5.74) is 2.00. The Labute approximate surface area is 145 Å². The van der Waals surface area contributed by atoms with Gasteiger partial charge < -0.3 is 9.64 Å². The molecule has 3 rings (SSSR count). The highest BCUT2D eigenvalue weighted by atomic mass is 32.1. The number of carbonyl (C=O) groups is 1. The number of ketones is 1. The van der Waals surface area contributed by atoms with Gasteiger partial charge in [-0.05, 0) is 34.5 Å². The van der Waals surface area contributed by atoms with Crippen molar-refractivity contribution in [2.45, 2.75) is 6.42 Å². The lowest BCUT2D eigenvalue weighted by Crippen LogP contribution is -2.48. The van der Waals surface area contributed by atoms with E-state index in [-0.39, 0.29) is 11.6 Å². The Kier molecular flexibility index (Phi) is 5.48. The molecule has 0 N–H and O–H groups in total. The SMILES string of the molecule is COc1cc(F)ccc1N1CCN(CC(=O)Cc2ccsc2)CC1. The molecule has 0 atom stereocenters. The maximum atomic E-state index is 13.3. The van der Waals surface area contributed by atoms with Crippen molar-refractivity contribution in [2.75, 3.05) is 44.7 Å². The van der Waals surface area contributed by atoms with Crippen LogP contribution < -0.4 is 9.64 Å². The van der Waals surface area contributed by atoms with Crippen molar-refractivity contribution in [3.05, 3.63) is 46.4 Å². The van der Waals surface area contributed by atoms with Gasteiger partial charge in [0.25, 0.3) is 0 Å². The lowest BCUT2D eigenvalue weighted by molar-refractivity contribution is -0.119. The molecule has 0 spiro atoms. The number of ether oxygens (including phenoxy) is 1. The number of rotatable bonds is 6. The standard InChI is InChI=1S/C18H21FN2O2S/c1-23-18-11-15(19)2-3-17(18)21-7-5-20(6-8-21)12-16(22)10-14-4-9-24-13-14/h2-4,9,11,13H,5-8,10,12H2,1H3. The Morgan fingerprint density at radius 3 is 2.71 bits per heavy atom. The molecule has 1 aromatic carbocycles. The Bertz CT molecular complexity index is 682. The van der Waals surface area contributed by atoms with Crippen LogP contribution in [0.15, 0.2) is 35.0 Å². The van der Waals surface area contributed by atoms with Gasteiger partial charge in [0.1, 0.15) is 11.6 Å². The minimum Gasteiger partial charge on any atom is -0.494 e. The highest BCUT2D eigenvalue weighted by molar-refractivity contribution is 7.08. The molecule has 128 valence electrons. The molecule has 0 saturated carbocycles. The summed E-state index contributed by atoms with van der Waals surface area (Å²) in [5.74, 6) is 0.506. The molecule has 1 aliphatic heterocycles. The molecule has 0 unspecified atom stereocenters. The Morgan fingerprint density at radius 1 is 1.25 bits per heavy atom. The van der Waals surface area contributed by atoms with Crippen LogP contribution in [0.1, 0.15) is 5.56 Å². The molecule has 24 heavy (non-hydrogen) atoms. The van der Waals surface area contributed by atoms with E-state index in [0.717, 1.165) is 37.4 Å². The van der Waals surface area contributed by atoms with Gasteiger partial charge >= 0.3 is 0 Å². The first kappa shape index (κ1) is 16.9. The number of benzene rings is 1. The molecule has 0 aliphatic carbocycles. The smallest absolute Gasteiger partial charge is 0.151 e. The van der Waals surface area contributed by atoms with Crippen LogP contribution in [0.3, 0.4) is 0 Å². The zero-order valence-electron chi connectivity index (χ0n) is 13.7. The quantitative estimate of drug-likeness (QED) is 0.804. The number of Topliss-reactive ketones (excluding diaryl/α,β-unsaturated/α-hetero) is 1. The second kappa shape index (κ2) is 7.77. The second-order valence-electron chi connectivity index (χ2n) is 5.93. The van der Waals surface area contributed by atoms with E-state index in [0.29, 0.717) is 18.7 Å². The van der Waals surface area contributed by atoms with Crippen molar-refractivity contribution in [3.8, 4) is 5.75 Å². The van der Waals surface area contributed by atoms with Crippen molar-refractivity contribution < 1.29 is 13.9 Å². The summed E-state index contributed by atoms with van der Waals surface area (Å²) >= 11 is 1.62. The van der Waals surface area contributed by atoms with Crippen molar-refractivity contribution in [1.29, 1.82) is 0 Å². The Hall–Kier alpha value is -1.92. The number of methoxy groups -OCH3 is 1. The van der Waals surface area contributed by atoms with E-state index in [1.54, 1.807) is 24.5 Å².